The lowest BCUT2D eigenvalue weighted by Gasteiger charge is -2.17. The molecule has 3 saturated heterocycles. The summed E-state index contributed by atoms with van der Waals surface area (Å²) in [5.41, 5.74) is 0. The highest BCUT2D eigenvalue weighted by atomic mass is 32.2. The molecule has 3 aliphatic heterocycles. The SMILES string of the molecule is O=S1(=O)CC2C(O)C3CC1C2O3. The zero-order chi connectivity index (χ0) is 8.51. The second kappa shape index (κ2) is 1.86. The fourth-order valence-corrected chi connectivity index (χ4v) is 5.04. The average molecular weight is 190 g/mol. The predicted octanol–water partition coefficient (Wildman–Crippen LogP) is -1.07. The minimum absolute atomic E-state index is 0.125. The molecule has 1 N–H and O–H groups in total. The van der Waals surface area contributed by atoms with Crippen LogP contribution in [0.2, 0.25) is 0 Å². The molecule has 5 heteroatoms. The number of rotatable bonds is 0. The summed E-state index contributed by atoms with van der Waals surface area (Å²) in [7, 11) is -2.95. The topological polar surface area (TPSA) is 63.6 Å². The first-order chi connectivity index (χ1) is 5.59. The fraction of sp³-hybridized carbons (Fsp3) is 1.00. The molecule has 3 heterocycles. The van der Waals surface area contributed by atoms with E-state index in [0.29, 0.717) is 6.42 Å². The van der Waals surface area contributed by atoms with Crippen LogP contribution in [-0.2, 0) is 14.6 Å². The molecule has 2 bridgehead atoms. The van der Waals surface area contributed by atoms with E-state index in [1.165, 1.54) is 0 Å². The summed E-state index contributed by atoms with van der Waals surface area (Å²) in [6.45, 7) is 0. The van der Waals surface area contributed by atoms with Gasteiger partial charge in [0.2, 0.25) is 0 Å². The van der Waals surface area contributed by atoms with Gasteiger partial charge in [-0.25, -0.2) is 8.42 Å². The minimum atomic E-state index is -2.95. The first-order valence-electron chi connectivity index (χ1n) is 4.15. The summed E-state index contributed by atoms with van der Waals surface area (Å²) in [6.07, 6.45) is -0.439. The molecule has 0 aromatic carbocycles. The standard InChI is InChI=1S/C7H10O4S/c8-6-3-2-12(9,10)5-1-4(6)11-7(3)5/h3-8H,1-2H2. The van der Waals surface area contributed by atoms with Gasteiger partial charge in [0, 0.05) is 5.92 Å². The van der Waals surface area contributed by atoms with E-state index in [0.717, 1.165) is 0 Å². The molecule has 68 valence electrons. The molecule has 3 rings (SSSR count). The maximum absolute atomic E-state index is 11.4. The summed E-state index contributed by atoms with van der Waals surface area (Å²) in [4.78, 5) is 0. The lowest BCUT2D eigenvalue weighted by atomic mass is 9.88. The molecular weight excluding hydrogens is 180 g/mol. The lowest BCUT2D eigenvalue weighted by molar-refractivity contribution is 0.0516. The Balaban J connectivity index is 2.11. The third-order valence-electron chi connectivity index (χ3n) is 3.29. The van der Waals surface area contributed by atoms with Gasteiger partial charge in [0.1, 0.15) is 0 Å². The van der Waals surface area contributed by atoms with Crippen molar-refractivity contribution in [2.24, 2.45) is 5.92 Å². The van der Waals surface area contributed by atoms with Gasteiger partial charge in [-0.2, -0.15) is 0 Å². The van der Waals surface area contributed by atoms with E-state index in [-0.39, 0.29) is 29.1 Å². The van der Waals surface area contributed by atoms with Crippen LogP contribution in [-0.4, -0.2) is 42.8 Å². The summed E-state index contributed by atoms with van der Waals surface area (Å²) in [5, 5.41) is 9.24. The van der Waals surface area contributed by atoms with Gasteiger partial charge in [-0.1, -0.05) is 0 Å². The molecule has 12 heavy (non-hydrogen) atoms. The Bertz CT molecular complexity index is 322. The van der Waals surface area contributed by atoms with Crippen molar-refractivity contribution < 1.29 is 18.3 Å². The number of hydrogen-bond acceptors (Lipinski definition) is 4. The molecule has 0 aromatic heterocycles. The molecule has 5 unspecified atom stereocenters. The first-order valence-corrected chi connectivity index (χ1v) is 5.86. The third kappa shape index (κ3) is 0.639. The number of ether oxygens (including phenoxy) is 1. The largest absolute Gasteiger partial charge is 0.390 e. The van der Waals surface area contributed by atoms with Gasteiger partial charge in [0.15, 0.2) is 9.84 Å². The van der Waals surface area contributed by atoms with Crippen molar-refractivity contribution >= 4 is 9.84 Å². The highest BCUT2D eigenvalue weighted by Gasteiger charge is 2.63. The van der Waals surface area contributed by atoms with Crippen LogP contribution in [0.4, 0.5) is 0 Å². The molecule has 3 aliphatic rings. The Morgan fingerprint density at radius 3 is 2.75 bits per heavy atom. The number of aliphatic hydroxyl groups is 1. The molecule has 4 nitrogen and oxygen atoms in total. The van der Waals surface area contributed by atoms with Crippen molar-refractivity contribution in [1.82, 2.24) is 0 Å². The smallest absolute Gasteiger partial charge is 0.156 e. The summed E-state index contributed by atoms with van der Waals surface area (Å²) in [5.74, 6) is -0.0150. The van der Waals surface area contributed by atoms with Crippen molar-refractivity contribution in [2.75, 3.05) is 5.75 Å². The Morgan fingerprint density at radius 1 is 1.42 bits per heavy atom. The van der Waals surface area contributed by atoms with Crippen LogP contribution in [0, 0.1) is 5.92 Å². The van der Waals surface area contributed by atoms with Crippen molar-refractivity contribution in [2.45, 2.75) is 30.0 Å². The van der Waals surface area contributed by atoms with E-state index in [1.807, 2.05) is 0 Å². The van der Waals surface area contributed by atoms with E-state index in [4.69, 9.17) is 4.74 Å². The average Bonchev–Trinajstić information content (AvgIpc) is 2.54. The second-order valence-electron chi connectivity index (χ2n) is 3.90. The molecule has 3 fully saturated rings. The van der Waals surface area contributed by atoms with Crippen LogP contribution >= 0.6 is 0 Å². The first kappa shape index (κ1) is 7.29. The van der Waals surface area contributed by atoms with Gasteiger partial charge in [0.25, 0.3) is 0 Å². The molecule has 0 aromatic rings. The summed E-state index contributed by atoms with van der Waals surface area (Å²) < 4.78 is 28.2. The van der Waals surface area contributed by atoms with Crippen molar-refractivity contribution in [3.05, 3.63) is 0 Å². The van der Waals surface area contributed by atoms with Gasteiger partial charge >= 0.3 is 0 Å². The van der Waals surface area contributed by atoms with Gasteiger partial charge in [0.05, 0.1) is 29.3 Å². The third-order valence-corrected chi connectivity index (χ3v) is 5.52. The summed E-state index contributed by atoms with van der Waals surface area (Å²) in [6, 6.07) is 0. The Morgan fingerprint density at radius 2 is 2.17 bits per heavy atom. The van der Waals surface area contributed by atoms with Crippen LogP contribution in [0.5, 0.6) is 0 Å². The number of sulfone groups is 1. The predicted molar refractivity (Wildman–Crippen MR) is 40.3 cm³/mol. The second-order valence-corrected chi connectivity index (χ2v) is 6.16. The number of hydrogen-bond donors (Lipinski definition) is 1. The van der Waals surface area contributed by atoms with Gasteiger partial charge in [-0.05, 0) is 6.42 Å². The number of aliphatic hydroxyl groups excluding tert-OH is 1. The highest BCUT2D eigenvalue weighted by Crippen LogP contribution is 2.48. The fourth-order valence-electron chi connectivity index (χ4n) is 2.71. The summed E-state index contributed by atoms with van der Waals surface area (Å²) >= 11 is 0. The van der Waals surface area contributed by atoms with Gasteiger partial charge < -0.3 is 9.84 Å². The zero-order valence-corrected chi connectivity index (χ0v) is 7.20. The molecule has 0 amide bonds. The van der Waals surface area contributed by atoms with E-state index in [2.05, 4.69) is 0 Å². The monoisotopic (exact) mass is 190 g/mol. The molecule has 0 radical (unpaired) electrons. The van der Waals surface area contributed by atoms with Gasteiger partial charge in [-0.15, -0.1) is 0 Å². The van der Waals surface area contributed by atoms with Crippen LogP contribution in [0.3, 0.4) is 0 Å². The molecule has 0 spiro atoms. The lowest BCUT2D eigenvalue weighted by Crippen LogP contribution is -2.34. The van der Waals surface area contributed by atoms with E-state index in [9.17, 15) is 13.5 Å². The number of fused-ring (bicyclic) bond motifs is 1. The normalized spacial score (nSPS) is 59.6. The Kier molecular flexibility index (Phi) is 1.13. The van der Waals surface area contributed by atoms with Crippen LogP contribution < -0.4 is 0 Å². The maximum atomic E-state index is 11.4. The Labute approximate surface area is 70.4 Å². The van der Waals surface area contributed by atoms with Crippen LogP contribution in [0.1, 0.15) is 6.42 Å². The van der Waals surface area contributed by atoms with Crippen molar-refractivity contribution in [3.63, 3.8) is 0 Å². The molecule has 5 atom stereocenters. The molecule has 0 saturated carbocycles. The Hall–Kier alpha value is -0.130. The zero-order valence-electron chi connectivity index (χ0n) is 6.38. The van der Waals surface area contributed by atoms with Crippen molar-refractivity contribution in [1.29, 1.82) is 0 Å². The van der Waals surface area contributed by atoms with Crippen LogP contribution in [0.25, 0.3) is 0 Å². The minimum Gasteiger partial charge on any atom is -0.390 e. The van der Waals surface area contributed by atoms with Crippen LogP contribution in [0.15, 0.2) is 0 Å². The molecule has 0 aliphatic carbocycles. The van der Waals surface area contributed by atoms with E-state index >= 15 is 0 Å². The quantitative estimate of drug-likeness (QED) is 0.528. The van der Waals surface area contributed by atoms with E-state index in [1.54, 1.807) is 0 Å². The highest BCUT2D eigenvalue weighted by molar-refractivity contribution is 7.92. The maximum Gasteiger partial charge on any atom is 0.156 e. The van der Waals surface area contributed by atoms with Crippen molar-refractivity contribution in [3.8, 4) is 0 Å². The molecular formula is C7H10O4S. The van der Waals surface area contributed by atoms with Gasteiger partial charge in [-0.3, -0.25) is 0 Å². The van der Waals surface area contributed by atoms with E-state index < -0.39 is 15.9 Å².